The van der Waals surface area contributed by atoms with Gasteiger partial charge in [0, 0.05) is 18.5 Å². The number of likely N-dealkylation sites (tertiary alicyclic amines) is 1. The van der Waals surface area contributed by atoms with Crippen LogP contribution in [0.15, 0.2) is 0 Å². The Hall–Kier alpha value is -0.610. The van der Waals surface area contributed by atoms with E-state index in [9.17, 15) is 4.79 Å². The normalized spacial score (nSPS) is 45.8. The van der Waals surface area contributed by atoms with E-state index in [2.05, 4.69) is 4.90 Å². The monoisotopic (exact) mass is 293 g/mol. The summed E-state index contributed by atoms with van der Waals surface area (Å²) in [5.41, 5.74) is 0.227. The number of hydrogen-bond donors (Lipinski definition) is 0. The third-order valence-electron chi connectivity index (χ3n) is 6.36. The molecule has 21 heavy (non-hydrogen) atoms. The second-order valence-electron chi connectivity index (χ2n) is 7.41. The number of carbonyl (C=O) groups is 1. The van der Waals surface area contributed by atoms with Crippen molar-refractivity contribution in [2.75, 3.05) is 26.3 Å². The van der Waals surface area contributed by atoms with Crippen molar-refractivity contribution in [1.82, 2.24) is 4.90 Å². The molecule has 118 valence electrons. The number of ether oxygens (including phenoxy) is 2. The summed E-state index contributed by atoms with van der Waals surface area (Å²) in [6.07, 6.45) is 7.27. The second kappa shape index (κ2) is 5.24. The van der Waals surface area contributed by atoms with E-state index in [0.29, 0.717) is 12.6 Å². The lowest BCUT2D eigenvalue weighted by atomic mass is 9.55. The van der Waals surface area contributed by atoms with Crippen LogP contribution in [0.25, 0.3) is 0 Å². The molecule has 0 N–H and O–H groups in total. The summed E-state index contributed by atoms with van der Waals surface area (Å²) in [5, 5.41) is 0. The number of nitrogens with zero attached hydrogens (tertiary/aromatic N) is 1. The molecule has 0 aromatic heterocycles. The highest BCUT2D eigenvalue weighted by Gasteiger charge is 2.64. The number of esters is 1. The summed E-state index contributed by atoms with van der Waals surface area (Å²) in [4.78, 5) is 14.7. The van der Waals surface area contributed by atoms with E-state index in [4.69, 9.17) is 9.47 Å². The van der Waals surface area contributed by atoms with Crippen molar-refractivity contribution in [1.29, 1.82) is 0 Å². The SMILES string of the molecule is CCOC(=O)C1CCCN(C2CCCC34CC(CO3)C24)C1. The first-order chi connectivity index (χ1) is 10.2. The Balaban J connectivity index is 1.45. The Morgan fingerprint density at radius 1 is 1.38 bits per heavy atom. The summed E-state index contributed by atoms with van der Waals surface area (Å²) in [5.74, 6) is 1.64. The molecule has 5 fully saturated rings. The fourth-order valence-corrected chi connectivity index (χ4v) is 5.53. The summed E-state index contributed by atoms with van der Waals surface area (Å²) in [7, 11) is 0. The molecule has 5 aliphatic rings. The zero-order valence-electron chi connectivity index (χ0n) is 13.1. The Morgan fingerprint density at radius 2 is 2.29 bits per heavy atom. The molecule has 0 aromatic rings. The van der Waals surface area contributed by atoms with Gasteiger partial charge in [-0.1, -0.05) is 0 Å². The van der Waals surface area contributed by atoms with Crippen molar-refractivity contribution in [3.05, 3.63) is 0 Å². The van der Waals surface area contributed by atoms with E-state index >= 15 is 0 Å². The van der Waals surface area contributed by atoms with Crippen molar-refractivity contribution >= 4 is 5.97 Å². The van der Waals surface area contributed by atoms with Gasteiger partial charge in [0.1, 0.15) is 0 Å². The van der Waals surface area contributed by atoms with Crippen LogP contribution in [0.3, 0.4) is 0 Å². The molecule has 4 heteroatoms. The van der Waals surface area contributed by atoms with Crippen LogP contribution in [0.1, 0.15) is 45.4 Å². The smallest absolute Gasteiger partial charge is 0.310 e. The van der Waals surface area contributed by atoms with E-state index < -0.39 is 0 Å². The number of piperidine rings is 1. The lowest BCUT2D eigenvalue weighted by Crippen LogP contribution is -2.62. The molecule has 5 atom stereocenters. The Bertz CT molecular complexity index is 422. The van der Waals surface area contributed by atoms with Gasteiger partial charge in [0.05, 0.1) is 24.7 Å². The second-order valence-corrected chi connectivity index (χ2v) is 7.41. The van der Waals surface area contributed by atoms with E-state index in [1.165, 1.54) is 25.7 Å². The van der Waals surface area contributed by atoms with Crippen LogP contribution in [-0.4, -0.2) is 48.8 Å². The highest BCUT2D eigenvalue weighted by molar-refractivity contribution is 5.72. The van der Waals surface area contributed by atoms with Crippen molar-refractivity contribution in [2.24, 2.45) is 17.8 Å². The predicted molar refractivity (Wildman–Crippen MR) is 78.8 cm³/mol. The Labute approximate surface area is 127 Å². The van der Waals surface area contributed by atoms with Gasteiger partial charge in [-0.3, -0.25) is 9.69 Å². The minimum absolute atomic E-state index is 0.0144. The lowest BCUT2D eigenvalue weighted by Gasteiger charge is -2.56. The molecular weight excluding hydrogens is 266 g/mol. The van der Waals surface area contributed by atoms with Gasteiger partial charge in [-0.15, -0.1) is 0 Å². The molecule has 3 saturated heterocycles. The fourth-order valence-electron chi connectivity index (χ4n) is 5.53. The molecule has 1 spiro atoms. The van der Waals surface area contributed by atoms with Crippen molar-refractivity contribution < 1.29 is 14.3 Å². The summed E-state index contributed by atoms with van der Waals surface area (Å²) < 4.78 is 11.4. The average molecular weight is 293 g/mol. The quantitative estimate of drug-likeness (QED) is 0.748. The minimum atomic E-state index is 0.0144. The maximum absolute atomic E-state index is 12.1. The summed E-state index contributed by atoms with van der Waals surface area (Å²) in [6, 6.07) is 0.650. The van der Waals surface area contributed by atoms with Gasteiger partial charge < -0.3 is 9.47 Å². The number of rotatable bonds is 3. The molecule has 5 unspecified atom stereocenters. The first kappa shape index (κ1) is 14.0. The van der Waals surface area contributed by atoms with Gasteiger partial charge in [0.2, 0.25) is 0 Å². The topological polar surface area (TPSA) is 38.8 Å². The first-order valence-electron chi connectivity index (χ1n) is 8.78. The summed E-state index contributed by atoms with van der Waals surface area (Å²) >= 11 is 0. The molecule has 5 rings (SSSR count). The molecule has 0 radical (unpaired) electrons. The molecule has 0 amide bonds. The van der Waals surface area contributed by atoms with Gasteiger partial charge in [-0.2, -0.15) is 0 Å². The number of hydrogen-bond acceptors (Lipinski definition) is 4. The maximum atomic E-state index is 12.1. The maximum Gasteiger partial charge on any atom is 0.310 e. The first-order valence-corrected chi connectivity index (χ1v) is 8.78. The largest absolute Gasteiger partial charge is 0.466 e. The van der Waals surface area contributed by atoms with Crippen LogP contribution in [0.5, 0.6) is 0 Å². The van der Waals surface area contributed by atoms with Gasteiger partial charge >= 0.3 is 5.97 Å². The van der Waals surface area contributed by atoms with Gasteiger partial charge in [0.15, 0.2) is 0 Å². The van der Waals surface area contributed by atoms with Crippen molar-refractivity contribution in [3.8, 4) is 0 Å². The molecule has 3 aliphatic heterocycles. The zero-order valence-corrected chi connectivity index (χ0v) is 13.1. The fraction of sp³-hybridized carbons (Fsp3) is 0.941. The third kappa shape index (κ3) is 2.14. The van der Waals surface area contributed by atoms with Crippen molar-refractivity contribution in [3.63, 3.8) is 0 Å². The van der Waals surface area contributed by atoms with Crippen molar-refractivity contribution in [2.45, 2.75) is 57.1 Å². The molecular formula is C17H27NO3. The Kier molecular flexibility index (Phi) is 3.49. The van der Waals surface area contributed by atoms with E-state index in [1.807, 2.05) is 6.92 Å². The number of fused-ring (bicyclic) bond motifs is 1. The standard InChI is InChI=1S/C17H27NO3/c1-2-20-16(19)12-5-4-8-18(10-12)14-6-3-7-17-9-13(11-21-17)15(14)17/h12-15H,2-11H2,1H3. The molecule has 2 saturated carbocycles. The average Bonchev–Trinajstić information content (AvgIpc) is 3.06. The van der Waals surface area contributed by atoms with Crippen LogP contribution < -0.4 is 0 Å². The van der Waals surface area contributed by atoms with Crippen LogP contribution in [0.4, 0.5) is 0 Å². The molecule has 2 bridgehead atoms. The van der Waals surface area contributed by atoms with E-state index in [0.717, 1.165) is 44.4 Å². The van der Waals surface area contributed by atoms with Gasteiger partial charge in [0.25, 0.3) is 0 Å². The van der Waals surface area contributed by atoms with E-state index in [1.54, 1.807) is 0 Å². The zero-order chi connectivity index (χ0) is 14.4. The predicted octanol–water partition coefficient (Wildman–Crippen LogP) is 2.22. The molecule has 4 nitrogen and oxygen atoms in total. The van der Waals surface area contributed by atoms with Crippen LogP contribution >= 0.6 is 0 Å². The highest BCUT2D eigenvalue weighted by atomic mass is 16.5. The molecule has 3 heterocycles. The highest BCUT2D eigenvalue weighted by Crippen LogP contribution is 2.61. The molecule has 2 aliphatic carbocycles. The third-order valence-corrected chi connectivity index (χ3v) is 6.36. The lowest BCUT2D eigenvalue weighted by molar-refractivity contribution is -0.153. The minimum Gasteiger partial charge on any atom is -0.466 e. The summed E-state index contributed by atoms with van der Waals surface area (Å²) in [6.45, 7) is 5.44. The Morgan fingerprint density at radius 3 is 3.10 bits per heavy atom. The van der Waals surface area contributed by atoms with Crippen LogP contribution in [-0.2, 0) is 14.3 Å². The van der Waals surface area contributed by atoms with E-state index in [-0.39, 0.29) is 17.5 Å². The van der Waals surface area contributed by atoms with Crippen LogP contribution in [0.2, 0.25) is 0 Å². The van der Waals surface area contributed by atoms with Gasteiger partial charge in [-0.05, 0) is 57.9 Å². The van der Waals surface area contributed by atoms with Crippen LogP contribution in [0, 0.1) is 17.8 Å². The van der Waals surface area contributed by atoms with Gasteiger partial charge in [-0.25, -0.2) is 0 Å². The molecule has 0 aromatic carbocycles. The number of carbonyl (C=O) groups excluding carboxylic acids is 1.